The minimum atomic E-state index is -3.00. The highest BCUT2D eigenvalue weighted by atomic mass is 79.9. The number of alkyl halides is 2. The lowest BCUT2D eigenvalue weighted by molar-refractivity contribution is -0.0530. The van der Waals surface area contributed by atoms with Gasteiger partial charge in [0.05, 0.1) is 28.5 Å². The smallest absolute Gasteiger partial charge is 0.388 e. The molecule has 3 rings (SSSR count). The zero-order valence-electron chi connectivity index (χ0n) is 15.3. The number of benzene rings is 1. The lowest BCUT2D eigenvalue weighted by atomic mass is 10.1. The van der Waals surface area contributed by atoms with Crippen molar-refractivity contribution in [3.63, 3.8) is 0 Å². The number of aryl methyl sites for hydroxylation is 1. The van der Waals surface area contributed by atoms with Gasteiger partial charge in [-0.15, -0.1) is 5.10 Å². The first-order chi connectivity index (χ1) is 13.8. The van der Waals surface area contributed by atoms with Crippen LogP contribution in [0.5, 0.6) is 11.8 Å². The minimum Gasteiger partial charge on any atom is -0.480 e. The van der Waals surface area contributed by atoms with Gasteiger partial charge in [-0.2, -0.15) is 19.0 Å². The summed E-state index contributed by atoms with van der Waals surface area (Å²) in [6, 6.07) is 9.91. The summed E-state index contributed by atoms with van der Waals surface area (Å²) in [5.41, 5.74) is 8.10. The molecular formula is C18H15BrF2N6O2. The van der Waals surface area contributed by atoms with Crippen molar-refractivity contribution in [2.24, 2.45) is 0 Å². The van der Waals surface area contributed by atoms with Crippen molar-refractivity contribution in [3.05, 3.63) is 46.1 Å². The number of nitrogens with zero attached hydrogens (tertiary/aromatic N) is 4. The van der Waals surface area contributed by atoms with Gasteiger partial charge in [0, 0.05) is 17.4 Å². The van der Waals surface area contributed by atoms with E-state index in [9.17, 15) is 14.0 Å². The summed E-state index contributed by atoms with van der Waals surface area (Å²) < 4.78 is 36.4. The number of aromatic nitrogens is 3. The number of nitrogens with two attached hydrogens (primary N) is 1. The summed E-state index contributed by atoms with van der Waals surface area (Å²) in [6.45, 7) is -1.34. The average Bonchev–Trinajstić information content (AvgIpc) is 3.03. The summed E-state index contributed by atoms with van der Waals surface area (Å²) >= 11 is 3.31. The highest BCUT2D eigenvalue weighted by molar-refractivity contribution is 9.10. The second-order valence-electron chi connectivity index (χ2n) is 5.80. The van der Waals surface area contributed by atoms with Crippen LogP contribution in [-0.2, 0) is 0 Å². The van der Waals surface area contributed by atoms with Gasteiger partial charge in [0.25, 0.3) is 0 Å². The van der Waals surface area contributed by atoms with Crippen LogP contribution in [-0.4, -0.2) is 28.5 Å². The van der Waals surface area contributed by atoms with Crippen LogP contribution in [0.25, 0.3) is 5.69 Å². The maximum absolute atomic E-state index is 12.5. The molecule has 150 valence electrons. The molecule has 0 aliphatic carbocycles. The van der Waals surface area contributed by atoms with Gasteiger partial charge in [-0.1, -0.05) is 0 Å². The number of ether oxygens (including phenoxy) is 2. The van der Waals surface area contributed by atoms with E-state index in [0.717, 1.165) is 0 Å². The van der Waals surface area contributed by atoms with Crippen LogP contribution in [0, 0.1) is 18.3 Å². The van der Waals surface area contributed by atoms with E-state index in [1.807, 2.05) is 0 Å². The van der Waals surface area contributed by atoms with E-state index < -0.39 is 6.61 Å². The second kappa shape index (κ2) is 8.32. The Kier molecular flexibility index (Phi) is 5.84. The molecule has 1 aromatic carbocycles. The number of nitrogens with one attached hydrogen (secondary N) is 1. The van der Waals surface area contributed by atoms with Crippen LogP contribution in [0.4, 0.5) is 26.0 Å². The third-order valence-corrected chi connectivity index (χ3v) is 4.42. The molecule has 29 heavy (non-hydrogen) atoms. The van der Waals surface area contributed by atoms with Crippen molar-refractivity contribution in [2.75, 3.05) is 18.2 Å². The standard InChI is InChI=1S/C18H15BrF2N6O2/c1-9-5-15(29-18(20)21)26-27(9)14-6-11(4-3-10(14)8-22)24-16-13(23)7-12(19)17(25-16)28-2/h3-7,18H,23H2,1-2H3,(H,24,25). The molecule has 11 heteroatoms. The quantitative estimate of drug-likeness (QED) is 0.563. The van der Waals surface area contributed by atoms with Crippen molar-refractivity contribution in [1.82, 2.24) is 14.8 Å². The Morgan fingerprint density at radius 1 is 1.31 bits per heavy atom. The molecule has 0 bridgehead atoms. The van der Waals surface area contributed by atoms with Crippen molar-refractivity contribution in [1.29, 1.82) is 5.26 Å². The summed E-state index contributed by atoms with van der Waals surface area (Å²) in [5.74, 6) is 0.440. The Morgan fingerprint density at radius 3 is 2.72 bits per heavy atom. The van der Waals surface area contributed by atoms with Crippen LogP contribution in [0.1, 0.15) is 11.3 Å². The lowest BCUT2D eigenvalue weighted by Crippen LogP contribution is -2.06. The normalized spacial score (nSPS) is 10.7. The number of anilines is 3. The maximum Gasteiger partial charge on any atom is 0.388 e. The number of methoxy groups -OCH3 is 1. The van der Waals surface area contributed by atoms with E-state index in [1.54, 1.807) is 31.2 Å². The average molecular weight is 465 g/mol. The van der Waals surface area contributed by atoms with Gasteiger partial charge < -0.3 is 20.5 Å². The zero-order valence-corrected chi connectivity index (χ0v) is 16.9. The largest absolute Gasteiger partial charge is 0.480 e. The first kappa shape index (κ1) is 20.3. The van der Waals surface area contributed by atoms with Gasteiger partial charge in [-0.25, -0.2) is 4.68 Å². The van der Waals surface area contributed by atoms with Gasteiger partial charge in [-0.3, -0.25) is 0 Å². The van der Waals surface area contributed by atoms with E-state index >= 15 is 0 Å². The number of hydrogen-bond acceptors (Lipinski definition) is 7. The fourth-order valence-corrected chi connectivity index (χ4v) is 3.08. The predicted octanol–water partition coefficient (Wildman–Crippen LogP) is 4.15. The monoisotopic (exact) mass is 464 g/mol. The highest BCUT2D eigenvalue weighted by Gasteiger charge is 2.15. The van der Waals surface area contributed by atoms with E-state index in [1.165, 1.54) is 17.9 Å². The van der Waals surface area contributed by atoms with Crippen LogP contribution in [0.3, 0.4) is 0 Å². The predicted molar refractivity (Wildman–Crippen MR) is 106 cm³/mol. The molecule has 0 spiro atoms. The SMILES string of the molecule is COc1nc(Nc2ccc(C#N)c(-n3nc(OC(F)F)cc3C)c2)c(N)cc1Br. The molecule has 8 nitrogen and oxygen atoms in total. The summed E-state index contributed by atoms with van der Waals surface area (Å²) in [6.07, 6.45) is 0. The van der Waals surface area contributed by atoms with Crippen LogP contribution in [0.2, 0.25) is 0 Å². The lowest BCUT2D eigenvalue weighted by Gasteiger charge is -2.13. The summed E-state index contributed by atoms with van der Waals surface area (Å²) in [4.78, 5) is 4.29. The molecule has 0 unspecified atom stereocenters. The Balaban J connectivity index is 2.01. The van der Waals surface area contributed by atoms with Gasteiger partial charge in [0.15, 0.2) is 5.82 Å². The number of rotatable bonds is 6. The summed E-state index contributed by atoms with van der Waals surface area (Å²) in [7, 11) is 1.48. The topological polar surface area (TPSA) is 111 Å². The molecule has 2 heterocycles. The third-order valence-electron chi connectivity index (χ3n) is 3.85. The van der Waals surface area contributed by atoms with Crippen molar-refractivity contribution in [2.45, 2.75) is 13.5 Å². The van der Waals surface area contributed by atoms with Crippen LogP contribution >= 0.6 is 15.9 Å². The minimum absolute atomic E-state index is 0.247. The fourth-order valence-electron chi connectivity index (χ4n) is 2.58. The Hall–Kier alpha value is -3.39. The molecule has 0 fully saturated rings. The first-order valence-electron chi connectivity index (χ1n) is 8.15. The van der Waals surface area contributed by atoms with E-state index in [2.05, 4.69) is 42.1 Å². The second-order valence-corrected chi connectivity index (χ2v) is 6.65. The van der Waals surface area contributed by atoms with Crippen molar-refractivity contribution in [3.8, 4) is 23.5 Å². The molecule has 3 N–H and O–H groups in total. The molecule has 2 aromatic heterocycles. The van der Waals surface area contributed by atoms with Crippen molar-refractivity contribution >= 4 is 33.1 Å². The maximum atomic E-state index is 12.5. The molecule has 0 radical (unpaired) electrons. The van der Waals surface area contributed by atoms with Gasteiger partial charge in [0.1, 0.15) is 6.07 Å². The van der Waals surface area contributed by atoms with E-state index in [4.69, 9.17) is 10.5 Å². The first-order valence-corrected chi connectivity index (χ1v) is 8.94. The molecule has 0 aliphatic heterocycles. The molecule has 3 aromatic rings. The summed E-state index contributed by atoms with van der Waals surface area (Å²) in [5, 5.41) is 16.5. The molecule has 0 saturated heterocycles. The molecule has 0 aliphatic rings. The molecule has 0 saturated carbocycles. The number of hydrogen-bond donors (Lipinski definition) is 2. The molecule has 0 atom stereocenters. The van der Waals surface area contributed by atoms with Crippen molar-refractivity contribution < 1.29 is 18.3 Å². The Morgan fingerprint density at radius 2 is 2.07 bits per heavy atom. The number of pyridine rings is 1. The van der Waals surface area contributed by atoms with Gasteiger partial charge >= 0.3 is 6.61 Å². The fraction of sp³-hybridized carbons (Fsp3) is 0.167. The van der Waals surface area contributed by atoms with E-state index in [-0.39, 0.29) is 5.88 Å². The van der Waals surface area contributed by atoms with E-state index in [0.29, 0.717) is 44.5 Å². The molecule has 0 amide bonds. The van der Waals surface area contributed by atoms with Gasteiger partial charge in [-0.05, 0) is 47.1 Å². The third kappa shape index (κ3) is 4.38. The zero-order chi connectivity index (χ0) is 21.1. The Labute approximate surface area is 173 Å². The number of nitrogen functional groups attached to an aromatic ring is 1. The Bertz CT molecular complexity index is 1100. The van der Waals surface area contributed by atoms with Crippen LogP contribution < -0.4 is 20.5 Å². The highest BCUT2D eigenvalue weighted by Crippen LogP contribution is 2.32. The van der Waals surface area contributed by atoms with Crippen LogP contribution in [0.15, 0.2) is 34.8 Å². The van der Waals surface area contributed by atoms with Gasteiger partial charge in [0.2, 0.25) is 11.8 Å². The number of nitriles is 1. The molecular weight excluding hydrogens is 450 g/mol. The number of halogens is 3.